The average Bonchev–Trinajstić information content (AvgIpc) is 2.79. The Balaban J connectivity index is 1.87. The van der Waals surface area contributed by atoms with Crippen molar-refractivity contribution in [2.24, 2.45) is 0 Å². The lowest BCUT2D eigenvalue weighted by Crippen LogP contribution is -2.37. The second kappa shape index (κ2) is 9.18. The minimum atomic E-state index is -0.312. The first kappa shape index (κ1) is 20.2. The zero-order valence-electron chi connectivity index (χ0n) is 17.6. The second-order valence-electron chi connectivity index (χ2n) is 7.35. The molecule has 0 bridgehead atoms. The van der Waals surface area contributed by atoms with Gasteiger partial charge in [0.2, 0.25) is 0 Å². The number of hydrogen-bond acceptors (Lipinski definition) is 5. The maximum atomic E-state index is 13.0. The number of anilines is 2. The number of rotatable bonds is 6. The minimum absolute atomic E-state index is 0.312. The van der Waals surface area contributed by atoms with Crippen molar-refractivity contribution in [1.82, 2.24) is 0 Å². The van der Waals surface area contributed by atoms with Crippen molar-refractivity contribution in [3.63, 3.8) is 0 Å². The summed E-state index contributed by atoms with van der Waals surface area (Å²) in [5.41, 5.74) is 3.94. The molecule has 1 aliphatic heterocycles. The van der Waals surface area contributed by atoms with Gasteiger partial charge in [-0.2, -0.15) is 0 Å². The normalized spacial score (nSPS) is 14.5. The first-order valence-electron chi connectivity index (χ1n) is 10.6. The van der Waals surface area contributed by atoms with E-state index in [9.17, 15) is 4.79 Å². The highest BCUT2D eigenvalue weighted by molar-refractivity contribution is 5.97. The molecule has 2 aromatic carbocycles. The molecule has 1 saturated heterocycles. The van der Waals surface area contributed by atoms with E-state index in [1.807, 2.05) is 48.6 Å². The van der Waals surface area contributed by atoms with Crippen molar-refractivity contribution in [2.75, 3.05) is 49.2 Å². The van der Waals surface area contributed by atoms with Gasteiger partial charge in [0, 0.05) is 43.3 Å². The number of hydrogen-bond donors (Lipinski definition) is 0. The van der Waals surface area contributed by atoms with Gasteiger partial charge in [-0.1, -0.05) is 36.4 Å². The fourth-order valence-corrected chi connectivity index (χ4v) is 3.99. The molecule has 1 aromatic heterocycles. The molecule has 0 spiro atoms. The maximum absolute atomic E-state index is 13.0. The summed E-state index contributed by atoms with van der Waals surface area (Å²) in [5.74, 6) is 0. The molecule has 2 heterocycles. The quantitative estimate of drug-likeness (QED) is 0.560. The predicted molar refractivity (Wildman–Crippen MR) is 124 cm³/mol. The fourth-order valence-electron chi connectivity index (χ4n) is 3.99. The Morgan fingerprint density at radius 1 is 1.00 bits per heavy atom. The average molecular weight is 405 g/mol. The topological polar surface area (TPSA) is 45.9 Å². The van der Waals surface area contributed by atoms with Crippen molar-refractivity contribution in [2.45, 2.75) is 13.8 Å². The molecule has 30 heavy (non-hydrogen) atoms. The third-order valence-electron chi connectivity index (χ3n) is 5.60. The lowest BCUT2D eigenvalue weighted by molar-refractivity contribution is 0.123. The molecule has 5 heteroatoms. The molecular weight excluding hydrogens is 376 g/mol. The molecule has 0 amide bonds. The van der Waals surface area contributed by atoms with Crippen LogP contribution in [0.2, 0.25) is 0 Å². The second-order valence-corrected chi connectivity index (χ2v) is 7.35. The first-order chi connectivity index (χ1) is 14.7. The Bertz CT molecular complexity index is 1080. The van der Waals surface area contributed by atoms with Crippen LogP contribution in [-0.4, -0.2) is 39.4 Å². The third kappa shape index (κ3) is 4.12. The van der Waals surface area contributed by atoms with E-state index < -0.39 is 0 Å². The zero-order valence-corrected chi connectivity index (χ0v) is 17.6. The van der Waals surface area contributed by atoms with Gasteiger partial charge in [0.25, 0.3) is 0 Å². The van der Waals surface area contributed by atoms with Crippen LogP contribution >= 0.6 is 0 Å². The van der Waals surface area contributed by atoms with Crippen LogP contribution in [0.4, 0.5) is 11.4 Å². The van der Waals surface area contributed by atoms with Crippen LogP contribution in [0.3, 0.4) is 0 Å². The number of benzene rings is 2. The number of ether oxygens (including phenoxy) is 1. The van der Waals surface area contributed by atoms with Gasteiger partial charge in [-0.05, 0) is 37.6 Å². The van der Waals surface area contributed by atoms with Crippen molar-refractivity contribution in [3.05, 3.63) is 70.1 Å². The van der Waals surface area contributed by atoms with Gasteiger partial charge in [-0.3, -0.25) is 0 Å². The van der Waals surface area contributed by atoms with Gasteiger partial charge in [-0.25, -0.2) is 4.79 Å². The van der Waals surface area contributed by atoms with Crippen molar-refractivity contribution in [3.8, 4) is 0 Å². The van der Waals surface area contributed by atoms with Crippen LogP contribution in [0.5, 0.6) is 0 Å². The highest BCUT2D eigenvalue weighted by atomic mass is 16.5. The lowest BCUT2D eigenvalue weighted by Gasteiger charge is -2.31. The van der Waals surface area contributed by atoms with E-state index in [1.54, 1.807) is 0 Å². The van der Waals surface area contributed by atoms with E-state index >= 15 is 0 Å². The highest BCUT2D eigenvalue weighted by Gasteiger charge is 2.21. The van der Waals surface area contributed by atoms with Gasteiger partial charge < -0.3 is 19.0 Å². The SMILES string of the molecule is CCN(CC)c1ccc2c(N3CCOCC3)c(C=Cc3ccccc3)c(=O)oc2c1. The Morgan fingerprint density at radius 2 is 1.73 bits per heavy atom. The van der Waals surface area contributed by atoms with Gasteiger partial charge in [0.1, 0.15) is 5.58 Å². The van der Waals surface area contributed by atoms with Crippen LogP contribution in [0.25, 0.3) is 23.1 Å². The highest BCUT2D eigenvalue weighted by Crippen LogP contribution is 2.33. The van der Waals surface area contributed by atoms with Crippen LogP contribution in [0, 0.1) is 0 Å². The summed E-state index contributed by atoms with van der Waals surface area (Å²) in [5, 5.41) is 0.958. The fraction of sp³-hybridized carbons (Fsp3) is 0.320. The van der Waals surface area contributed by atoms with Crippen molar-refractivity contribution >= 4 is 34.5 Å². The molecule has 1 fully saturated rings. The van der Waals surface area contributed by atoms with Gasteiger partial charge in [-0.15, -0.1) is 0 Å². The molecule has 4 rings (SSSR count). The van der Waals surface area contributed by atoms with E-state index in [-0.39, 0.29) is 5.63 Å². The van der Waals surface area contributed by atoms with Crippen LogP contribution < -0.4 is 15.4 Å². The van der Waals surface area contributed by atoms with E-state index in [4.69, 9.17) is 9.15 Å². The monoisotopic (exact) mass is 404 g/mol. The third-order valence-corrected chi connectivity index (χ3v) is 5.60. The largest absolute Gasteiger partial charge is 0.422 e. The Kier molecular flexibility index (Phi) is 6.19. The van der Waals surface area contributed by atoms with Gasteiger partial charge in [0.15, 0.2) is 0 Å². The summed E-state index contributed by atoms with van der Waals surface area (Å²) < 4.78 is 11.3. The summed E-state index contributed by atoms with van der Waals surface area (Å²) in [6.07, 6.45) is 3.84. The van der Waals surface area contributed by atoms with Crippen molar-refractivity contribution < 1.29 is 9.15 Å². The minimum Gasteiger partial charge on any atom is -0.422 e. The number of fused-ring (bicyclic) bond motifs is 1. The molecule has 156 valence electrons. The number of morpholine rings is 1. The van der Waals surface area contributed by atoms with Crippen molar-refractivity contribution in [1.29, 1.82) is 0 Å². The van der Waals surface area contributed by atoms with E-state index in [2.05, 4.69) is 35.8 Å². The Hall–Kier alpha value is -3.05. The Labute approximate surface area is 177 Å². The maximum Gasteiger partial charge on any atom is 0.345 e. The van der Waals surface area contributed by atoms with Crippen LogP contribution in [0.15, 0.2) is 57.7 Å². The molecular formula is C25H28N2O3. The van der Waals surface area contributed by atoms with Crippen LogP contribution in [-0.2, 0) is 4.74 Å². The summed E-state index contributed by atoms with van der Waals surface area (Å²) in [4.78, 5) is 17.5. The molecule has 0 saturated carbocycles. The molecule has 0 unspecified atom stereocenters. The van der Waals surface area contributed by atoms with Crippen LogP contribution in [0.1, 0.15) is 25.0 Å². The van der Waals surface area contributed by atoms with Gasteiger partial charge >= 0.3 is 5.63 Å². The lowest BCUT2D eigenvalue weighted by atomic mass is 10.1. The summed E-state index contributed by atoms with van der Waals surface area (Å²) >= 11 is 0. The summed E-state index contributed by atoms with van der Waals surface area (Å²) in [6, 6.07) is 16.2. The predicted octanol–water partition coefficient (Wildman–Crippen LogP) is 4.65. The van der Waals surface area contributed by atoms with E-state index in [1.165, 1.54) is 0 Å². The summed E-state index contributed by atoms with van der Waals surface area (Å²) in [7, 11) is 0. The smallest absolute Gasteiger partial charge is 0.345 e. The number of nitrogens with zero attached hydrogens (tertiary/aromatic N) is 2. The molecule has 0 atom stereocenters. The first-order valence-corrected chi connectivity index (χ1v) is 10.6. The molecule has 0 N–H and O–H groups in total. The standard InChI is InChI=1S/C25H28N2O3/c1-3-26(4-2)20-11-13-21-23(18-20)30-25(28)22(12-10-19-8-6-5-7-9-19)24(21)27-14-16-29-17-15-27/h5-13,18H,3-4,14-17H2,1-2H3. The molecule has 0 aliphatic carbocycles. The molecule has 0 radical (unpaired) electrons. The Morgan fingerprint density at radius 3 is 2.43 bits per heavy atom. The molecule has 1 aliphatic rings. The summed E-state index contributed by atoms with van der Waals surface area (Å²) in [6.45, 7) is 8.87. The van der Waals surface area contributed by atoms with E-state index in [0.717, 1.165) is 48.5 Å². The van der Waals surface area contributed by atoms with Gasteiger partial charge in [0.05, 0.1) is 24.5 Å². The molecule has 5 nitrogen and oxygen atoms in total. The zero-order chi connectivity index (χ0) is 20.9. The van der Waals surface area contributed by atoms with E-state index in [0.29, 0.717) is 24.4 Å². The molecule has 3 aromatic rings.